The van der Waals surface area contributed by atoms with E-state index < -0.39 is 0 Å². The van der Waals surface area contributed by atoms with Gasteiger partial charge in [0, 0.05) is 10.0 Å². The maximum atomic E-state index is 5.34. The Bertz CT molecular complexity index is 668. The predicted molar refractivity (Wildman–Crippen MR) is 83.8 cm³/mol. The van der Waals surface area contributed by atoms with Gasteiger partial charge in [-0.25, -0.2) is 0 Å². The smallest absolute Gasteiger partial charge is 0.231 e. The van der Waals surface area contributed by atoms with E-state index >= 15 is 0 Å². The van der Waals surface area contributed by atoms with Crippen LogP contribution >= 0.6 is 15.9 Å². The van der Waals surface area contributed by atoms with Crippen molar-refractivity contribution in [2.75, 3.05) is 6.79 Å². The third-order valence-corrected chi connectivity index (χ3v) is 3.80. The average molecular weight is 348 g/mol. The highest BCUT2D eigenvalue weighted by atomic mass is 79.9. The summed E-state index contributed by atoms with van der Waals surface area (Å²) < 4.78 is 11.5. The van der Waals surface area contributed by atoms with Crippen LogP contribution in [0.15, 0.2) is 46.0 Å². The van der Waals surface area contributed by atoms with E-state index in [1.165, 1.54) is 5.56 Å². The van der Waals surface area contributed by atoms with Gasteiger partial charge < -0.3 is 14.3 Å². The molecule has 108 valence electrons. The highest BCUT2D eigenvalue weighted by Gasteiger charge is 2.15. The zero-order valence-corrected chi connectivity index (χ0v) is 13.1. The van der Waals surface area contributed by atoms with Gasteiger partial charge in [0.15, 0.2) is 11.5 Å². The molecule has 3 rings (SSSR count). The minimum atomic E-state index is 0.256. The lowest BCUT2D eigenvalue weighted by Crippen LogP contribution is -1.93. The summed E-state index contributed by atoms with van der Waals surface area (Å²) in [5.41, 5.74) is 3.19. The molecule has 5 heteroatoms. The van der Waals surface area contributed by atoms with Crippen LogP contribution < -0.4 is 9.47 Å². The maximum Gasteiger partial charge on any atom is 0.231 e. The van der Waals surface area contributed by atoms with Crippen LogP contribution in [-0.4, -0.2) is 13.0 Å². The number of oxime groups is 1. The molecule has 0 aliphatic carbocycles. The van der Waals surface area contributed by atoms with E-state index in [-0.39, 0.29) is 6.79 Å². The Morgan fingerprint density at radius 3 is 2.67 bits per heavy atom. The first-order valence-electron chi connectivity index (χ1n) is 6.52. The number of benzene rings is 2. The Kier molecular flexibility index (Phi) is 4.10. The molecule has 0 radical (unpaired) electrons. The molecule has 0 fully saturated rings. The van der Waals surface area contributed by atoms with Gasteiger partial charge in [-0.1, -0.05) is 35.0 Å². The first-order chi connectivity index (χ1) is 10.2. The summed E-state index contributed by atoms with van der Waals surface area (Å²) in [6, 6.07) is 11.9. The monoisotopic (exact) mass is 347 g/mol. The second-order valence-electron chi connectivity index (χ2n) is 4.72. The largest absolute Gasteiger partial charge is 0.454 e. The summed E-state index contributed by atoms with van der Waals surface area (Å²) in [7, 11) is 0. The van der Waals surface area contributed by atoms with E-state index in [1.807, 2.05) is 24.3 Å². The van der Waals surface area contributed by atoms with Crippen molar-refractivity contribution >= 4 is 22.1 Å². The number of ether oxygens (including phenoxy) is 2. The number of rotatable bonds is 4. The third kappa shape index (κ3) is 3.36. The van der Waals surface area contributed by atoms with Crippen LogP contribution in [0.5, 0.6) is 11.5 Å². The molecule has 1 heterocycles. The van der Waals surface area contributed by atoms with Gasteiger partial charge in [0.1, 0.15) is 6.61 Å². The average Bonchev–Trinajstić information content (AvgIpc) is 2.92. The predicted octanol–water partition coefficient (Wildman–Crippen LogP) is 4.04. The van der Waals surface area contributed by atoms with Gasteiger partial charge >= 0.3 is 0 Å². The summed E-state index contributed by atoms with van der Waals surface area (Å²) in [5, 5.41) is 3.99. The summed E-state index contributed by atoms with van der Waals surface area (Å²) in [5.74, 6) is 1.46. The molecule has 0 unspecified atom stereocenters. The van der Waals surface area contributed by atoms with E-state index in [4.69, 9.17) is 14.3 Å². The van der Waals surface area contributed by atoms with E-state index in [0.29, 0.717) is 6.61 Å². The van der Waals surface area contributed by atoms with Gasteiger partial charge in [-0.15, -0.1) is 0 Å². The summed E-state index contributed by atoms with van der Waals surface area (Å²) in [6.45, 7) is 2.76. The Morgan fingerprint density at radius 2 is 1.90 bits per heavy atom. The Morgan fingerprint density at radius 1 is 1.19 bits per heavy atom. The van der Waals surface area contributed by atoms with Crippen LogP contribution in [0.25, 0.3) is 0 Å². The van der Waals surface area contributed by atoms with E-state index in [9.17, 15) is 0 Å². The molecule has 1 aliphatic heterocycles. The number of aryl methyl sites for hydroxylation is 1. The molecule has 2 aromatic carbocycles. The van der Waals surface area contributed by atoms with Gasteiger partial charge in [-0.2, -0.15) is 0 Å². The van der Waals surface area contributed by atoms with Crippen LogP contribution in [-0.2, 0) is 11.4 Å². The van der Waals surface area contributed by atoms with Crippen LogP contribution in [0.3, 0.4) is 0 Å². The summed E-state index contributed by atoms with van der Waals surface area (Å²) in [4.78, 5) is 5.31. The first kappa shape index (κ1) is 13.9. The molecule has 0 saturated heterocycles. The Labute approximate surface area is 131 Å². The number of hydrogen-bond acceptors (Lipinski definition) is 4. The molecule has 0 N–H and O–H groups in total. The summed E-state index contributed by atoms with van der Waals surface area (Å²) in [6.07, 6.45) is 1.65. The second-order valence-corrected chi connectivity index (χ2v) is 5.57. The van der Waals surface area contributed by atoms with Crippen molar-refractivity contribution in [3.63, 3.8) is 0 Å². The van der Waals surface area contributed by atoms with Crippen LogP contribution in [0.1, 0.15) is 16.7 Å². The fourth-order valence-electron chi connectivity index (χ4n) is 1.92. The molecule has 0 bridgehead atoms. The van der Waals surface area contributed by atoms with Gasteiger partial charge in [-0.05, 0) is 40.5 Å². The maximum absolute atomic E-state index is 5.34. The number of nitrogens with zero attached hydrogens (tertiary/aromatic N) is 1. The number of halogens is 1. The standard InChI is InChI=1S/C16H14BrNO3/c1-11-2-4-12(5-3-11)9-21-18-8-13-6-15-16(7-14(13)17)20-10-19-15/h2-8H,9-10H2,1H3. The van der Waals surface area contributed by atoms with Crippen molar-refractivity contribution in [3.05, 3.63) is 57.6 Å². The molecule has 0 saturated carbocycles. The molecule has 2 aromatic rings. The fourth-order valence-corrected chi connectivity index (χ4v) is 2.35. The van der Waals surface area contributed by atoms with Crippen LogP contribution in [0, 0.1) is 6.92 Å². The van der Waals surface area contributed by atoms with Gasteiger partial charge in [-0.3, -0.25) is 0 Å². The molecule has 1 aliphatic rings. The number of fused-ring (bicyclic) bond motifs is 1. The first-order valence-corrected chi connectivity index (χ1v) is 7.32. The normalized spacial score (nSPS) is 12.9. The van der Waals surface area contributed by atoms with Gasteiger partial charge in [0.05, 0.1) is 6.21 Å². The Balaban J connectivity index is 1.62. The van der Waals surface area contributed by atoms with E-state index in [1.54, 1.807) is 6.21 Å². The van der Waals surface area contributed by atoms with Gasteiger partial charge in [0.2, 0.25) is 6.79 Å². The third-order valence-electron chi connectivity index (χ3n) is 3.11. The molecular weight excluding hydrogens is 334 g/mol. The topological polar surface area (TPSA) is 40.0 Å². The number of hydrogen-bond donors (Lipinski definition) is 0. The second kappa shape index (κ2) is 6.18. The molecule has 0 amide bonds. The molecule has 0 atom stereocenters. The van der Waals surface area contributed by atoms with Crippen molar-refractivity contribution in [3.8, 4) is 11.5 Å². The van der Waals surface area contributed by atoms with E-state index in [0.717, 1.165) is 27.1 Å². The quantitative estimate of drug-likeness (QED) is 0.619. The van der Waals surface area contributed by atoms with Crippen molar-refractivity contribution in [1.29, 1.82) is 0 Å². The van der Waals surface area contributed by atoms with Crippen molar-refractivity contribution in [2.45, 2.75) is 13.5 Å². The van der Waals surface area contributed by atoms with Crippen LogP contribution in [0.2, 0.25) is 0 Å². The molecule has 4 nitrogen and oxygen atoms in total. The van der Waals surface area contributed by atoms with Crippen molar-refractivity contribution in [2.24, 2.45) is 5.16 Å². The molecular formula is C16H14BrNO3. The lowest BCUT2D eigenvalue weighted by Gasteiger charge is -2.02. The highest BCUT2D eigenvalue weighted by Crippen LogP contribution is 2.36. The van der Waals surface area contributed by atoms with Crippen molar-refractivity contribution in [1.82, 2.24) is 0 Å². The van der Waals surface area contributed by atoms with Gasteiger partial charge in [0.25, 0.3) is 0 Å². The fraction of sp³-hybridized carbons (Fsp3) is 0.188. The summed E-state index contributed by atoms with van der Waals surface area (Å²) >= 11 is 3.47. The highest BCUT2D eigenvalue weighted by molar-refractivity contribution is 9.10. The van der Waals surface area contributed by atoms with Crippen molar-refractivity contribution < 1.29 is 14.3 Å². The minimum absolute atomic E-state index is 0.256. The van der Waals surface area contributed by atoms with Crippen LogP contribution in [0.4, 0.5) is 0 Å². The van der Waals surface area contributed by atoms with E-state index in [2.05, 4.69) is 40.1 Å². The molecule has 0 aromatic heterocycles. The molecule has 0 spiro atoms. The minimum Gasteiger partial charge on any atom is -0.454 e. The lowest BCUT2D eigenvalue weighted by atomic mass is 10.2. The zero-order chi connectivity index (χ0) is 14.7. The molecule has 21 heavy (non-hydrogen) atoms. The SMILES string of the molecule is Cc1ccc(CON=Cc2cc3c(cc2Br)OCO3)cc1. The lowest BCUT2D eigenvalue weighted by molar-refractivity contribution is 0.132. The Hall–Kier alpha value is -2.01. The zero-order valence-electron chi connectivity index (χ0n) is 11.5.